The van der Waals surface area contributed by atoms with E-state index in [9.17, 15) is 9.59 Å². The van der Waals surface area contributed by atoms with Gasteiger partial charge in [0.05, 0.1) is 18.2 Å². The van der Waals surface area contributed by atoms with E-state index in [0.29, 0.717) is 22.1 Å². The largest absolute Gasteiger partial charge is 0.497 e. The zero-order chi connectivity index (χ0) is 20.1. The molecule has 0 saturated carbocycles. The molecule has 142 valence electrons. The van der Waals surface area contributed by atoms with E-state index in [1.54, 1.807) is 43.5 Å². The summed E-state index contributed by atoms with van der Waals surface area (Å²) in [6.07, 6.45) is 2.79. The normalized spacial score (nSPS) is 10.2. The lowest BCUT2D eigenvalue weighted by Crippen LogP contribution is -2.16. The third-order valence-corrected chi connectivity index (χ3v) is 4.43. The molecular weight excluding hydrogens is 378 g/mol. The molecule has 2 aromatic carbocycles. The zero-order valence-electron chi connectivity index (χ0n) is 15.3. The molecule has 1 heterocycles. The first-order chi connectivity index (χ1) is 13.5. The predicted molar refractivity (Wildman–Crippen MR) is 109 cm³/mol. The Kier molecular flexibility index (Phi) is 5.91. The predicted octanol–water partition coefficient (Wildman–Crippen LogP) is 4.56. The van der Waals surface area contributed by atoms with Gasteiger partial charge in [0.1, 0.15) is 5.75 Å². The number of rotatable bonds is 5. The quantitative estimate of drug-likeness (QED) is 0.663. The van der Waals surface area contributed by atoms with Crippen LogP contribution in [-0.4, -0.2) is 23.9 Å². The standard InChI is InChI=1S/C21H18ClN3O3/c1-13-6-7-17(10-19(13)22)25-21(27)15-8-14(11-23-12-15)20(26)24-16-4-3-5-18(9-16)28-2/h3-12H,1-2H3,(H,24,26)(H,25,27). The van der Waals surface area contributed by atoms with Gasteiger partial charge in [0.25, 0.3) is 11.8 Å². The molecule has 0 unspecified atom stereocenters. The number of nitrogens with zero attached hydrogens (tertiary/aromatic N) is 1. The molecule has 2 amide bonds. The Morgan fingerprint density at radius 1 is 0.929 bits per heavy atom. The Balaban J connectivity index is 1.74. The first-order valence-electron chi connectivity index (χ1n) is 8.44. The van der Waals surface area contributed by atoms with Crippen molar-refractivity contribution in [3.63, 3.8) is 0 Å². The molecule has 0 spiro atoms. The number of hydrogen-bond acceptors (Lipinski definition) is 4. The highest BCUT2D eigenvalue weighted by atomic mass is 35.5. The number of aromatic nitrogens is 1. The monoisotopic (exact) mass is 395 g/mol. The molecule has 3 rings (SSSR count). The molecule has 0 atom stereocenters. The van der Waals surface area contributed by atoms with E-state index in [4.69, 9.17) is 16.3 Å². The van der Waals surface area contributed by atoms with Crippen molar-refractivity contribution in [1.29, 1.82) is 0 Å². The van der Waals surface area contributed by atoms with Crippen molar-refractivity contribution in [2.45, 2.75) is 6.92 Å². The summed E-state index contributed by atoms with van der Waals surface area (Å²) in [5, 5.41) is 6.06. The molecule has 0 aliphatic carbocycles. The minimum atomic E-state index is -0.386. The first-order valence-corrected chi connectivity index (χ1v) is 8.82. The van der Waals surface area contributed by atoms with Crippen molar-refractivity contribution in [2.75, 3.05) is 17.7 Å². The van der Waals surface area contributed by atoms with Crippen LogP contribution in [-0.2, 0) is 0 Å². The second-order valence-corrected chi connectivity index (χ2v) is 6.47. The molecule has 0 fully saturated rings. The molecule has 0 aliphatic rings. The number of benzene rings is 2. The average Bonchev–Trinajstić information content (AvgIpc) is 2.71. The number of carbonyl (C=O) groups is 2. The highest BCUT2D eigenvalue weighted by Crippen LogP contribution is 2.21. The van der Waals surface area contributed by atoms with Crippen molar-refractivity contribution in [1.82, 2.24) is 4.98 Å². The number of halogens is 1. The summed E-state index contributed by atoms with van der Waals surface area (Å²) in [6, 6.07) is 13.7. The topological polar surface area (TPSA) is 80.3 Å². The number of amides is 2. The van der Waals surface area contributed by atoms with Crippen LogP contribution in [0, 0.1) is 6.92 Å². The van der Waals surface area contributed by atoms with Gasteiger partial charge in [-0.2, -0.15) is 0 Å². The third-order valence-electron chi connectivity index (χ3n) is 4.02. The van der Waals surface area contributed by atoms with E-state index in [0.717, 1.165) is 5.56 Å². The van der Waals surface area contributed by atoms with Crippen LogP contribution in [0.4, 0.5) is 11.4 Å². The van der Waals surface area contributed by atoms with Crippen molar-refractivity contribution >= 4 is 34.8 Å². The smallest absolute Gasteiger partial charge is 0.257 e. The van der Waals surface area contributed by atoms with E-state index >= 15 is 0 Å². The van der Waals surface area contributed by atoms with E-state index in [1.165, 1.54) is 18.5 Å². The molecular formula is C21H18ClN3O3. The van der Waals surface area contributed by atoms with Crippen LogP contribution < -0.4 is 15.4 Å². The maximum Gasteiger partial charge on any atom is 0.257 e. The summed E-state index contributed by atoms with van der Waals surface area (Å²) in [4.78, 5) is 29.0. The maximum atomic E-state index is 12.5. The second-order valence-electron chi connectivity index (χ2n) is 6.07. The number of anilines is 2. The molecule has 7 heteroatoms. The van der Waals surface area contributed by atoms with Crippen LogP contribution in [0.25, 0.3) is 0 Å². The fraction of sp³-hybridized carbons (Fsp3) is 0.0952. The SMILES string of the molecule is COc1cccc(NC(=O)c2cncc(C(=O)Nc3ccc(C)c(Cl)c3)c2)c1. The summed E-state index contributed by atoms with van der Waals surface area (Å²) in [5.74, 6) is -0.141. The summed E-state index contributed by atoms with van der Waals surface area (Å²) < 4.78 is 5.14. The van der Waals surface area contributed by atoms with Gasteiger partial charge in [-0.25, -0.2) is 0 Å². The van der Waals surface area contributed by atoms with Crippen molar-refractivity contribution in [2.24, 2.45) is 0 Å². The number of nitrogens with one attached hydrogen (secondary N) is 2. The minimum absolute atomic E-state index is 0.259. The van der Waals surface area contributed by atoms with Gasteiger partial charge < -0.3 is 15.4 Å². The Labute approximate surface area is 167 Å². The number of aryl methyl sites for hydroxylation is 1. The van der Waals surface area contributed by atoms with Gasteiger partial charge >= 0.3 is 0 Å². The molecule has 1 aromatic heterocycles. The van der Waals surface area contributed by atoms with Gasteiger partial charge in [0, 0.05) is 34.9 Å². The lowest BCUT2D eigenvalue weighted by Gasteiger charge is -2.09. The first kappa shape index (κ1) is 19.4. The van der Waals surface area contributed by atoms with E-state index in [2.05, 4.69) is 15.6 Å². The van der Waals surface area contributed by atoms with Gasteiger partial charge in [-0.05, 0) is 42.8 Å². The summed E-state index contributed by atoms with van der Waals surface area (Å²) in [6.45, 7) is 1.88. The fourth-order valence-electron chi connectivity index (χ4n) is 2.47. The van der Waals surface area contributed by atoms with Crippen LogP contribution in [0.5, 0.6) is 5.75 Å². The van der Waals surface area contributed by atoms with Crippen LogP contribution in [0.2, 0.25) is 5.02 Å². The summed E-state index contributed by atoms with van der Waals surface area (Å²) >= 11 is 6.08. The maximum absolute atomic E-state index is 12.5. The number of methoxy groups -OCH3 is 1. The van der Waals surface area contributed by atoms with Gasteiger partial charge in [0.15, 0.2) is 0 Å². The lowest BCUT2D eigenvalue weighted by atomic mass is 10.1. The summed E-state index contributed by atoms with van der Waals surface area (Å²) in [5.41, 5.74) is 2.57. The van der Waals surface area contributed by atoms with Gasteiger partial charge in [-0.3, -0.25) is 14.6 Å². The van der Waals surface area contributed by atoms with Crippen LogP contribution >= 0.6 is 11.6 Å². The van der Waals surface area contributed by atoms with Crippen molar-refractivity contribution < 1.29 is 14.3 Å². The molecule has 0 radical (unpaired) electrons. The lowest BCUT2D eigenvalue weighted by molar-refractivity contribution is 0.102. The number of hydrogen-bond donors (Lipinski definition) is 2. The number of carbonyl (C=O) groups excluding carboxylic acids is 2. The van der Waals surface area contributed by atoms with Gasteiger partial charge in [0.2, 0.25) is 0 Å². The van der Waals surface area contributed by atoms with E-state index < -0.39 is 0 Å². The van der Waals surface area contributed by atoms with Crippen LogP contribution in [0.3, 0.4) is 0 Å². The molecule has 0 aliphatic heterocycles. The number of ether oxygens (including phenoxy) is 1. The molecule has 0 saturated heterocycles. The minimum Gasteiger partial charge on any atom is -0.497 e. The second kappa shape index (κ2) is 8.54. The van der Waals surface area contributed by atoms with Crippen molar-refractivity contribution in [3.05, 3.63) is 82.6 Å². The van der Waals surface area contributed by atoms with Crippen LogP contribution in [0.15, 0.2) is 60.9 Å². The average molecular weight is 396 g/mol. The summed E-state index contributed by atoms with van der Waals surface area (Å²) in [7, 11) is 1.55. The van der Waals surface area contributed by atoms with Gasteiger partial charge in [-0.15, -0.1) is 0 Å². The number of pyridine rings is 1. The Bertz CT molecular complexity index is 1040. The fourth-order valence-corrected chi connectivity index (χ4v) is 2.65. The molecule has 6 nitrogen and oxygen atoms in total. The van der Waals surface area contributed by atoms with Gasteiger partial charge in [-0.1, -0.05) is 23.7 Å². The zero-order valence-corrected chi connectivity index (χ0v) is 16.1. The van der Waals surface area contributed by atoms with Crippen molar-refractivity contribution in [3.8, 4) is 5.75 Å². The van der Waals surface area contributed by atoms with E-state index in [-0.39, 0.29) is 22.9 Å². The molecule has 2 N–H and O–H groups in total. The molecule has 3 aromatic rings. The van der Waals surface area contributed by atoms with Crippen LogP contribution in [0.1, 0.15) is 26.3 Å². The molecule has 0 bridgehead atoms. The molecule has 28 heavy (non-hydrogen) atoms. The van der Waals surface area contributed by atoms with E-state index in [1.807, 2.05) is 13.0 Å². The highest BCUT2D eigenvalue weighted by molar-refractivity contribution is 6.31. The third kappa shape index (κ3) is 4.66. The highest BCUT2D eigenvalue weighted by Gasteiger charge is 2.13. The Hall–Kier alpha value is -3.38. The Morgan fingerprint density at radius 3 is 2.18 bits per heavy atom. The Morgan fingerprint density at radius 2 is 1.57 bits per heavy atom.